The van der Waals surface area contributed by atoms with Crippen molar-refractivity contribution < 1.29 is 0 Å². The Balaban J connectivity index is 1.93. The van der Waals surface area contributed by atoms with Crippen LogP contribution in [0.2, 0.25) is 0 Å². The Morgan fingerprint density at radius 1 is 1.10 bits per heavy atom. The smallest absolute Gasteiger partial charge is 0.0354 e. The summed E-state index contributed by atoms with van der Waals surface area (Å²) in [5.41, 5.74) is 3.68. The van der Waals surface area contributed by atoms with Crippen molar-refractivity contribution in [1.29, 1.82) is 0 Å². The van der Waals surface area contributed by atoms with E-state index in [4.69, 9.17) is 0 Å². The number of hydrogen-bond acceptors (Lipinski definition) is 1. The van der Waals surface area contributed by atoms with E-state index in [0.717, 1.165) is 11.8 Å². The zero-order valence-corrected chi connectivity index (χ0v) is 13.3. The summed E-state index contributed by atoms with van der Waals surface area (Å²) < 4.78 is 0. The molecular formula is C19H29N. The molecule has 1 nitrogen and oxygen atoms in total. The van der Waals surface area contributed by atoms with Crippen LogP contribution < -0.4 is 5.32 Å². The number of hydrogen-bond donors (Lipinski definition) is 1. The maximum Gasteiger partial charge on any atom is 0.0354 e. The predicted molar refractivity (Wildman–Crippen MR) is 86.0 cm³/mol. The second-order valence-electron chi connectivity index (χ2n) is 7.51. The van der Waals surface area contributed by atoms with E-state index in [1.165, 1.54) is 38.5 Å². The zero-order chi connectivity index (χ0) is 14.2. The first kappa shape index (κ1) is 14.1. The molecule has 110 valence electrons. The van der Waals surface area contributed by atoms with Gasteiger partial charge in [-0.1, -0.05) is 51.0 Å². The summed E-state index contributed by atoms with van der Waals surface area (Å²) in [4.78, 5) is 0. The Morgan fingerprint density at radius 3 is 2.40 bits per heavy atom. The Bertz CT molecular complexity index is 459. The van der Waals surface area contributed by atoms with Crippen LogP contribution in [0.4, 0.5) is 0 Å². The summed E-state index contributed by atoms with van der Waals surface area (Å²) in [6, 6.07) is 9.74. The van der Waals surface area contributed by atoms with Crippen LogP contribution in [0.3, 0.4) is 0 Å². The zero-order valence-electron chi connectivity index (χ0n) is 13.3. The van der Waals surface area contributed by atoms with Gasteiger partial charge in [-0.3, -0.25) is 0 Å². The highest BCUT2D eigenvalue weighted by molar-refractivity contribution is 5.35. The highest BCUT2D eigenvalue weighted by atomic mass is 14.9. The minimum absolute atomic E-state index is 0.473. The third kappa shape index (κ3) is 2.41. The largest absolute Gasteiger partial charge is 0.313 e. The van der Waals surface area contributed by atoms with Crippen LogP contribution in [0, 0.1) is 11.3 Å². The van der Waals surface area contributed by atoms with Gasteiger partial charge >= 0.3 is 0 Å². The highest BCUT2D eigenvalue weighted by Gasteiger charge is 2.40. The lowest BCUT2D eigenvalue weighted by Gasteiger charge is -2.37. The standard InChI is InChI=1S/C19H29N/c1-19(2)13-7-12-17(19)18(20-3)16-11-5-4-10-15(16)14-8-6-9-14/h4-5,10-11,14,17-18,20H,6-9,12-13H2,1-3H3. The second-order valence-corrected chi connectivity index (χ2v) is 7.51. The van der Waals surface area contributed by atoms with E-state index in [2.05, 4.69) is 50.5 Å². The molecule has 0 aromatic heterocycles. The molecule has 0 amide bonds. The Kier molecular flexibility index (Phi) is 3.90. The maximum atomic E-state index is 3.66. The molecule has 0 saturated heterocycles. The third-order valence-electron chi connectivity index (χ3n) is 5.93. The van der Waals surface area contributed by atoms with Gasteiger partial charge in [0, 0.05) is 6.04 Å². The molecule has 2 aliphatic carbocycles. The van der Waals surface area contributed by atoms with Crippen molar-refractivity contribution in [2.24, 2.45) is 11.3 Å². The average molecular weight is 271 g/mol. The molecule has 0 aliphatic heterocycles. The summed E-state index contributed by atoms with van der Waals surface area (Å²) >= 11 is 0. The quantitative estimate of drug-likeness (QED) is 0.809. The summed E-state index contributed by atoms with van der Waals surface area (Å²) in [6.45, 7) is 4.92. The van der Waals surface area contributed by atoms with Crippen molar-refractivity contribution in [2.45, 2.75) is 64.3 Å². The molecule has 1 aromatic rings. The fraction of sp³-hybridized carbons (Fsp3) is 0.684. The van der Waals surface area contributed by atoms with Gasteiger partial charge in [0.2, 0.25) is 0 Å². The fourth-order valence-corrected chi connectivity index (χ4v) is 4.43. The van der Waals surface area contributed by atoms with Crippen LogP contribution in [0.15, 0.2) is 24.3 Å². The lowest BCUT2D eigenvalue weighted by Crippen LogP contribution is -2.33. The van der Waals surface area contributed by atoms with Crippen LogP contribution in [-0.2, 0) is 0 Å². The van der Waals surface area contributed by atoms with Crippen LogP contribution in [0.5, 0.6) is 0 Å². The second kappa shape index (κ2) is 5.52. The monoisotopic (exact) mass is 271 g/mol. The molecule has 3 rings (SSSR count). The molecule has 1 N–H and O–H groups in total. The van der Waals surface area contributed by atoms with Crippen LogP contribution in [0.25, 0.3) is 0 Å². The van der Waals surface area contributed by atoms with Gasteiger partial charge in [-0.2, -0.15) is 0 Å². The normalized spacial score (nSPS) is 27.2. The Hall–Kier alpha value is -0.820. The SMILES string of the molecule is CNC(c1ccccc1C1CCC1)C1CCCC1(C)C. The summed E-state index contributed by atoms with van der Waals surface area (Å²) in [5.74, 6) is 1.60. The van der Waals surface area contributed by atoms with Crippen LogP contribution >= 0.6 is 0 Å². The Morgan fingerprint density at radius 2 is 1.85 bits per heavy atom. The average Bonchev–Trinajstić information content (AvgIpc) is 2.70. The first-order chi connectivity index (χ1) is 9.63. The van der Waals surface area contributed by atoms with E-state index in [9.17, 15) is 0 Å². The molecule has 1 heteroatoms. The molecule has 0 heterocycles. The topological polar surface area (TPSA) is 12.0 Å². The van der Waals surface area contributed by atoms with E-state index < -0.39 is 0 Å². The van der Waals surface area contributed by atoms with E-state index in [1.807, 2.05) is 0 Å². The van der Waals surface area contributed by atoms with Gasteiger partial charge in [-0.25, -0.2) is 0 Å². The molecule has 1 aromatic carbocycles. The molecule has 0 radical (unpaired) electrons. The molecule has 0 spiro atoms. The van der Waals surface area contributed by atoms with Gasteiger partial charge in [0.15, 0.2) is 0 Å². The highest BCUT2D eigenvalue weighted by Crippen LogP contribution is 2.50. The third-order valence-corrected chi connectivity index (χ3v) is 5.93. The molecule has 2 unspecified atom stereocenters. The number of rotatable bonds is 4. The summed E-state index contributed by atoms with van der Waals surface area (Å²) in [5, 5.41) is 3.66. The fourth-order valence-electron chi connectivity index (χ4n) is 4.43. The van der Waals surface area contributed by atoms with Crippen molar-refractivity contribution in [3.05, 3.63) is 35.4 Å². The van der Waals surface area contributed by atoms with E-state index in [-0.39, 0.29) is 0 Å². The van der Waals surface area contributed by atoms with Crippen molar-refractivity contribution in [3.63, 3.8) is 0 Å². The van der Waals surface area contributed by atoms with Gasteiger partial charge in [0.05, 0.1) is 0 Å². The summed E-state index contributed by atoms with van der Waals surface area (Å²) in [7, 11) is 2.15. The number of benzene rings is 1. The molecule has 2 atom stereocenters. The van der Waals surface area contributed by atoms with Gasteiger partial charge in [-0.05, 0) is 61.1 Å². The minimum atomic E-state index is 0.473. The van der Waals surface area contributed by atoms with Crippen LogP contribution in [0.1, 0.15) is 75.5 Å². The molecule has 2 saturated carbocycles. The van der Waals surface area contributed by atoms with E-state index >= 15 is 0 Å². The van der Waals surface area contributed by atoms with Gasteiger partial charge in [0.1, 0.15) is 0 Å². The molecule has 20 heavy (non-hydrogen) atoms. The first-order valence-corrected chi connectivity index (χ1v) is 8.39. The van der Waals surface area contributed by atoms with Gasteiger partial charge in [-0.15, -0.1) is 0 Å². The van der Waals surface area contributed by atoms with Crippen molar-refractivity contribution in [1.82, 2.24) is 5.32 Å². The molecule has 2 fully saturated rings. The van der Waals surface area contributed by atoms with Crippen molar-refractivity contribution in [3.8, 4) is 0 Å². The van der Waals surface area contributed by atoms with Crippen molar-refractivity contribution >= 4 is 0 Å². The van der Waals surface area contributed by atoms with Crippen LogP contribution in [-0.4, -0.2) is 7.05 Å². The maximum absolute atomic E-state index is 3.66. The summed E-state index contributed by atoms with van der Waals surface area (Å²) in [6.07, 6.45) is 8.33. The lowest BCUT2D eigenvalue weighted by molar-refractivity contribution is 0.202. The van der Waals surface area contributed by atoms with Crippen molar-refractivity contribution in [2.75, 3.05) is 7.05 Å². The predicted octanol–water partition coefficient (Wildman–Crippen LogP) is 5.04. The Labute approximate surface area is 124 Å². The van der Waals surface area contributed by atoms with E-state index in [1.54, 1.807) is 11.1 Å². The lowest BCUT2D eigenvalue weighted by atomic mass is 9.71. The number of nitrogens with one attached hydrogen (secondary N) is 1. The van der Waals surface area contributed by atoms with Gasteiger partial charge < -0.3 is 5.32 Å². The van der Waals surface area contributed by atoms with Gasteiger partial charge in [0.25, 0.3) is 0 Å². The molecule has 2 aliphatic rings. The first-order valence-electron chi connectivity index (χ1n) is 8.39. The molecular weight excluding hydrogens is 242 g/mol. The molecule has 0 bridgehead atoms. The van der Waals surface area contributed by atoms with E-state index in [0.29, 0.717) is 11.5 Å². The minimum Gasteiger partial charge on any atom is -0.313 e.